The molecular formula is C12H22N4O3S. The molecule has 0 radical (unpaired) electrons. The summed E-state index contributed by atoms with van der Waals surface area (Å²) >= 11 is 0. The van der Waals surface area contributed by atoms with Crippen molar-refractivity contribution in [3.63, 3.8) is 0 Å². The van der Waals surface area contributed by atoms with Crippen molar-refractivity contribution in [3.8, 4) is 0 Å². The number of rotatable bonds is 7. The highest BCUT2D eigenvalue weighted by atomic mass is 32.2. The third-order valence-corrected chi connectivity index (χ3v) is 4.36. The van der Waals surface area contributed by atoms with Gasteiger partial charge in [0.1, 0.15) is 4.90 Å². The molecule has 0 aliphatic heterocycles. The van der Waals surface area contributed by atoms with Crippen molar-refractivity contribution in [2.75, 3.05) is 6.54 Å². The molecule has 0 aliphatic carbocycles. The molecule has 1 aromatic heterocycles. The molecule has 4 N–H and O–H groups in total. The molecule has 0 atom stereocenters. The predicted molar refractivity (Wildman–Crippen MR) is 75.7 cm³/mol. The number of nitrogens with zero attached hydrogens (tertiary/aromatic N) is 1. The Labute approximate surface area is 119 Å². The Bertz CT molecular complexity index is 561. The molecule has 0 aromatic carbocycles. The molecule has 0 aliphatic rings. The number of aromatic amines is 1. The minimum absolute atomic E-state index is 0.157. The van der Waals surface area contributed by atoms with Crippen molar-refractivity contribution in [1.82, 2.24) is 15.5 Å². The molecule has 1 heterocycles. The highest BCUT2D eigenvalue weighted by molar-refractivity contribution is 7.89. The number of carbonyl (C=O) groups excluding carboxylic acids is 1. The number of hydrogen-bond donors (Lipinski definition) is 3. The normalized spacial score (nSPS) is 11.8. The Morgan fingerprint density at radius 1 is 1.35 bits per heavy atom. The Kier molecular flexibility index (Phi) is 5.70. The van der Waals surface area contributed by atoms with Gasteiger partial charge in [0.25, 0.3) is 5.91 Å². The van der Waals surface area contributed by atoms with Crippen molar-refractivity contribution >= 4 is 15.9 Å². The lowest BCUT2D eigenvalue weighted by Crippen LogP contribution is -2.31. The van der Waals surface area contributed by atoms with E-state index in [0.717, 1.165) is 12.8 Å². The summed E-state index contributed by atoms with van der Waals surface area (Å²) in [6.07, 6.45) is 2.29. The second-order valence-electron chi connectivity index (χ2n) is 4.67. The average Bonchev–Trinajstić information content (AvgIpc) is 2.83. The third kappa shape index (κ3) is 3.80. The van der Waals surface area contributed by atoms with Crippen LogP contribution in [0.25, 0.3) is 0 Å². The Morgan fingerprint density at radius 2 is 1.95 bits per heavy atom. The van der Waals surface area contributed by atoms with E-state index in [4.69, 9.17) is 5.14 Å². The van der Waals surface area contributed by atoms with Crippen LogP contribution in [0.2, 0.25) is 0 Å². The van der Waals surface area contributed by atoms with Gasteiger partial charge in [0.15, 0.2) is 5.69 Å². The van der Waals surface area contributed by atoms with Gasteiger partial charge in [0, 0.05) is 6.54 Å². The standard InChI is InChI=1S/C12H22N4O3S/c1-4-8(5-2)7-14-12(17)10-11(20(13,18)19)9(6-3)15-16-10/h8H,4-7H2,1-3H3,(H,14,17)(H,15,16)(H2,13,18,19). The minimum Gasteiger partial charge on any atom is -0.350 e. The smallest absolute Gasteiger partial charge is 0.273 e. The second-order valence-corrected chi connectivity index (χ2v) is 6.17. The molecule has 0 saturated heterocycles. The fraction of sp³-hybridized carbons (Fsp3) is 0.667. The number of hydrogen-bond acceptors (Lipinski definition) is 4. The van der Waals surface area contributed by atoms with Gasteiger partial charge in [-0.1, -0.05) is 33.6 Å². The summed E-state index contributed by atoms with van der Waals surface area (Å²) in [6, 6.07) is 0. The molecule has 0 unspecified atom stereocenters. The van der Waals surface area contributed by atoms with Gasteiger partial charge in [-0.2, -0.15) is 5.10 Å². The van der Waals surface area contributed by atoms with Crippen LogP contribution in [0.1, 0.15) is 49.8 Å². The number of primary sulfonamides is 1. The van der Waals surface area contributed by atoms with Crippen LogP contribution in [0.5, 0.6) is 0 Å². The molecule has 1 aromatic rings. The fourth-order valence-corrected chi connectivity index (χ4v) is 2.91. The summed E-state index contributed by atoms with van der Waals surface area (Å²) in [5.41, 5.74) is 0.190. The quantitative estimate of drug-likeness (QED) is 0.690. The van der Waals surface area contributed by atoms with Gasteiger partial charge in [-0.3, -0.25) is 9.89 Å². The van der Waals surface area contributed by atoms with Crippen molar-refractivity contribution in [1.29, 1.82) is 0 Å². The van der Waals surface area contributed by atoms with Crippen LogP contribution in [-0.2, 0) is 16.4 Å². The summed E-state index contributed by atoms with van der Waals surface area (Å²) in [7, 11) is -3.98. The Hall–Kier alpha value is -1.41. The van der Waals surface area contributed by atoms with E-state index in [1.54, 1.807) is 6.92 Å². The van der Waals surface area contributed by atoms with Crippen LogP contribution in [-0.4, -0.2) is 31.1 Å². The number of H-pyrrole nitrogens is 1. The zero-order chi connectivity index (χ0) is 15.3. The van der Waals surface area contributed by atoms with Gasteiger partial charge in [-0.25, -0.2) is 13.6 Å². The highest BCUT2D eigenvalue weighted by Gasteiger charge is 2.26. The first-order chi connectivity index (χ1) is 9.35. The van der Waals surface area contributed by atoms with Crippen LogP contribution in [0.15, 0.2) is 4.90 Å². The van der Waals surface area contributed by atoms with Gasteiger partial charge in [0.05, 0.1) is 5.69 Å². The SMILES string of the molecule is CCc1[nH]nc(C(=O)NCC(CC)CC)c1S(N)(=O)=O. The van der Waals surface area contributed by atoms with Gasteiger partial charge in [-0.05, 0) is 12.3 Å². The maximum Gasteiger partial charge on any atom is 0.273 e. The molecule has 7 nitrogen and oxygen atoms in total. The molecule has 0 bridgehead atoms. The number of aromatic nitrogens is 2. The zero-order valence-electron chi connectivity index (χ0n) is 12.1. The molecule has 114 valence electrons. The van der Waals surface area contributed by atoms with E-state index in [2.05, 4.69) is 15.5 Å². The van der Waals surface area contributed by atoms with E-state index >= 15 is 0 Å². The zero-order valence-corrected chi connectivity index (χ0v) is 12.9. The van der Waals surface area contributed by atoms with Crippen LogP contribution in [0, 0.1) is 5.92 Å². The van der Waals surface area contributed by atoms with E-state index in [1.807, 2.05) is 13.8 Å². The van der Waals surface area contributed by atoms with Gasteiger partial charge in [0.2, 0.25) is 10.0 Å². The van der Waals surface area contributed by atoms with Crippen molar-refractivity contribution < 1.29 is 13.2 Å². The van der Waals surface area contributed by atoms with E-state index in [-0.39, 0.29) is 10.6 Å². The van der Waals surface area contributed by atoms with Crippen molar-refractivity contribution in [2.45, 2.75) is 44.9 Å². The number of sulfonamides is 1. The lowest BCUT2D eigenvalue weighted by molar-refractivity contribution is 0.0938. The molecule has 1 amide bonds. The highest BCUT2D eigenvalue weighted by Crippen LogP contribution is 2.17. The Balaban J connectivity index is 2.97. The molecule has 0 fully saturated rings. The van der Waals surface area contributed by atoms with E-state index in [9.17, 15) is 13.2 Å². The maximum atomic E-state index is 12.1. The summed E-state index contributed by atoms with van der Waals surface area (Å²) in [4.78, 5) is 11.9. The predicted octanol–water partition coefficient (Wildman–Crippen LogP) is 0.785. The van der Waals surface area contributed by atoms with Crippen LogP contribution in [0.3, 0.4) is 0 Å². The number of amides is 1. The third-order valence-electron chi connectivity index (χ3n) is 3.35. The number of aryl methyl sites for hydroxylation is 1. The second kappa shape index (κ2) is 6.85. The number of nitrogens with two attached hydrogens (primary N) is 1. The molecular weight excluding hydrogens is 280 g/mol. The monoisotopic (exact) mass is 302 g/mol. The average molecular weight is 302 g/mol. The number of carbonyl (C=O) groups is 1. The summed E-state index contributed by atoms with van der Waals surface area (Å²) in [5, 5.41) is 14.2. The van der Waals surface area contributed by atoms with Gasteiger partial charge >= 0.3 is 0 Å². The largest absolute Gasteiger partial charge is 0.350 e. The topological polar surface area (TPSA) is 118 Å². The van der Waals surface area contributed by atoms with Gasteiger partial charge in [-0.15, -0.1) is 0 Å². The van der Waals surface area contributed by atoms with Gasteiger partial charge < -0.3 is 5.32 Å². The van der Waals surface area contributed by atoms with Crippen molar-refractivity contribution in [3.05, 3.63) is 11.4 Å². The van der Waals surface area contributed by atoms with Crippen molar-refractivity contribution in [2.24, 2.45) is 11.1 Å². The Morgan fingerprint density at radius 3 is 2.40 bits per heavy atom. The number of nitrogens with one attached hydrogen (secondary N) is 2. The molecule has 20 heavy (non-hydrogen) atoms. The minimum atomic E-state index is -3.98. The fourth-order valence-electron chi connectivity index (χ4n) is 1.97. The van der Waals surface area contributed by atoms with Crippen LogP contribution >= 0.6 is 0 Å². The molecule has 0 spiro atoms. The first-order valence-electron chi connectivity index (χ1n) is 6.73. The van der Waals surface area contributed by atoms with E-state index in [1.165, 1.54) is 0 Å². The molecule has 1 rings (SSSR count). The van der Waals surface area contributed by atoms with Crippen LogP contribution in [0.4, 0.5) is 0 Å². The van der Waals surface area contributed by atoms with E-state index in [0.29, 0.717) is 24.6 Å². The summed E-state index contributed by atoms with van der Waals surface area (Å²) < 4.78 is 23.2. The molecule has 0 saturated carbocycles. The first-order valence-corrected chi connectivity index (χ1v) is 8.27. The van der Waals surface area contributed by atoms with Crippen LogP contribution < -0.4 is 10.5 Å². The lowest BCUT2D eigenvalue weighted by atomic mass is 10.0. The molecule has 8 heteroatoms. The lowest BCUT2D eigenvalue weighted by Gasteiger charge is -2.12. The summed E-state index contributed by atoms with van der Waals surface area (Å²) in [6.45, 7) is 6.33. The summed E-state index contributed by atoms with van der Waals surface area (Å²) in [5.74, 6) is -0.154. The maximum absolute atomic E-state index is 12.1. The first kappa shape index (κ1) is 16.6. The van der Waals surface area contributed by atoms with E-state index < -0.39 is 15.9 Å².